The second-order valence-electron chi connectivity index (χ2n) is 6.61. The quantitative estimate of drug-likeness (QED) is 0.550. The number of aromatic nitrogens is 3. The Balaban J connectivity index is 2.01. The van der Waals surface area contributed by atoms with Gasteiger partial charge in [-0.1, -0.05) is 48.5 Å². The molecule has 0 fully saturated rings. The Morgan fingerprint density at radius 1 is 0.964 bits per heavy atom. The van der Waals surface area contributed by atoms with E-state index in [0.717, 1.165) is 5.56 Å². The molecule has 4 rings (SSSR count). The zero-order valence-electron chi connectivity index (χ0n) is 15.3. The molecule has 140 valence electrons. The van der Waals surface area contributed by atoms with Crippen molar-refractivity contribution < 1.29 is 4.39 Å². The summed E-state index contributed by atoms with van der Waals surface area (Å²) in [4.78, 5) is 30.3. The largest absolute Gasteiger partial charge is 0.332 e. The third-order valence-electron chi connectivity index (χ3n) is 4.80. The first-order chi connectivity index (χ1) is 13.6. The zero-order valence-corrected chi connectivity index (χ0v) is 15.3. The van der Waals surface area contributed by atoms with Gasteiger partial charge in [-0.25, -0.2) is 14.2 Å². The maximum atomic E-state index is 13.3. The van der Waals surface area contributed by atoms with E-state index in [0.29, 0.717) is 27.7 Å². The van der Waals surface area contributed by atoms with Gasteiger partial charge in [0.05, 0.1) is 11.9 Å². The molecule has 6 heteroatoms. The Bertz CT molecular complexity index is 1280. The molecule has 0 spiro atoms. The van der Waals surface area contributed by atoms with E-state index in [-0.39, 0.29) is 6.54 Å². The lowest BCUT2D eigenvalue weighted by Crippen LogP contribution is -2.39. The van der Waals surface area contributed by atoms with Crippen LogP contribution in [0.2, 0.25) is 0 Å². The van der Waals surface area contributed by atoms with Gasteiger partial charge in [0.2, 0.25) is 0 Å². The second-order valence-corrected chi connectivity index (χ2v) is 6.61. The monoisotopic (exact) mass is 375 g/mol. The van der Waals surface area contributed by atoms with E-state index >= 15 is 0 Å². The van der Waals surface area contributed by atoms with Crippen LogP contribution in [0.25, 0.3) is 22.2 Å². The molecule has 0 unspecified atom stereocenters. The number of fused-ring (bicyclic) bond motifs is 1. The van der Waals surface area contributed by atoms with Crippen LogP contribution >= 0.6 is 0 Å². The third kappa shape index (κ3) is 3.03. The highest BCUT2D eigenvalue weighted by molar-refractivity contribution is 5.92. The minimum absolute atomic E-state index is 0.168. The molecule has 0 saturated carbocycles. The predicted molar refractivity (Wildman–Crippen MR) is 107 cm³/mol. The van der Waals surface area contributed by atoms with Gasteiger partial charge in [-0.3, -0.25) is 13.9 Å². The minimum Gasteiger partial charge on any atom is -0.280 e. The highest BCUT2D eigenvalue weighted by atomic mass is 19.1. The first-order valence-corrected chi connectivity index (χ1v) is 8.88. The van der Waals surface area contributed by atoms with E-state index in [1.165, 1.54) is 9.13 Å². The van der Waals surface area contributed by atoms with E-state index in [2.05, 4.69) is 4.98 Å². The van der Waals surface area contributed by atoms with Gasteiger partial charge in [0.1, 0.15) is 12.3 Å². The first kappa shape index (κ1) is 17.9. The fourth-order valence-electron chi connectivity index (χ4n) is 3.38. The number of nitrogens with zero attached hydrogens (tertiary/aromatic N) is 3. The first-order valence-electron chi connectivity index (χ1n) is 8.88. The Morgan fingerprint density at radius 3 is 2.46 bits per heavy atom. The van der Waals surface area contributed by atoms with Gasteiger partial charge in [0.15, 0.2) is 0 Å². The Kier molecular flexibility index (Phi) is 4.61. The van der Waals surface area contributed by atoms with Crippen LogP contribution in [0.15, 0.2) is 76.4 Å². The summed E-state index contributed by atoms with van der Waals surface area (Å²) in [5, 5.41) is 0.344. The van der Waals surface area contributed by atoms with Gasteiger partial charge < -0.3 is 0 Å². The van der Waals surface area contributed by atoms with Gasteiger partial charge in [-0.05, 0) is 34.4 Å². The van der Waals surface area contributed by atoms with E-state index in [1.807, 2.05) is 36.4 Å². The highest BCUT2D eigenvalue weighted by Gasteiger charge is 2.16. The number of hydrogen-bond donors (Lipinski definition) is 0. The molecule has 0 aliphatic carbocycles. The summed E-state index contributed by atoms with van der Waals surface area (Å²) < 4.78 is 15.7. The molecule has 2 aromatic heterocycles. The molecule has 5 nitrogen and oxygen atoms in total. The van der Waals surface area contributed by atoms with Crippen molar-refractivity contribution in [2.75, 3.05) is 0 Å². The van der Waals surface area contributed by atoms with Crippen LogP contribution in [0.3, 0.4) is 0 Å². The van der Waals surface area contributed by atoms with Crippen LogP contribution in [-0.4, -0.2) is 14.1 Å². The number of pyridine rings is 1. The van der Waals surface area contributed by atoms with Crippen molar-refractivity contribution in [1.29, 1.82) is 0 Å². The molecule has 2 aromatic carbocycles. The lowest BCUT2D eigenvalue weighted by Gasteiger charge is -2.13. The van der Waals surface area contributed by atoms with Crippen molar-refractivity contribution in [3.05, 3.63) is 98.8 Å². The van der Waals surface area contributed by atoms with E-state index in [1.54, 1.807) is 37.5 Å². The summed E-state index contributed by atoms with van der Waals surface area (Å²) in [6.45, 7) is -0.422. The number of benzene rings is 2. The molecule has 0 bridgehead atoms. The van der Waals surface area contributed by atoms with Crippen LogP contribution in [0, 0.1) is 0 Å². The summed E-state index contributed by atoms with van der Waals surface area (Å²) in [6.07, 6.45) is 1.56. The summed E-state index contributed by atoms with van der Waals surface area (Å²) in [6, 6.07) is 18.0. The smallest absolute Gasteiger partial charge is 0.280 e. The number of hydrogen-bond acceptors (Lipinski definition) is 3. The molecule has 0 amide bonds. The highest BCUT2D eigenvalue weighted by Crippen LogP contribution is 2.25. The molecule has 0 aliphatic rings. The van der Waals surface area contributed by atoms with Gasteiger partial charge in [-0.2, -0.15) is 0 Å². The lowest BCUT2D eigenvalue weighted by molar-refractivity contribution is 0.485. The summed E-state index contributed by atoms with van der Waals surface area (Å²) in [7, 11) is 1.60. The average Bonchev–Trinajstić information content (AvgIpc) is 2.75. The molecule has 0 atom stereocenters. The SMILES string of the molecule is Cn1c(=O)n(Cc2ccccc2)c(=O)c2c(-c3cccc(CF)c3)ccnc21. The zero-order chi connectivity index (χ0) is 19.7. The molecule has 28 heavy (non-hydrogen) atoms. The third-order valence-corrected chi connectivity index (χ3v) is 4.80. The van der Waals surface area contributed by atoms with Crippen molar-refractivity contribution in [3.63, 3.8) is 0 Å². The Labute approximate surface area is 160 Å². The summed E-state index contributed by atoms with van der Waals surface area (Å²) in [5.74, 6) is 0. The number of halogens is 1. The Morgan fingerprint density at radius 2 is 1.71 bits per heavy atom. The molecule has 2 heterocycles. The van der Waals surface area contributed by atoms with Crippen LogP contribution in [0.5, 0.6) is 0 Å². The number of alkyl halides is 1. The average molecular weight is 375 g/mol. The fraction of sp³-hybridized carbons (Fsp3) is 0.136. The van der Waals surface area contributed by atoms with Crippen molar-refractivity contribution in [1.82, 2.24) is 14.1 Å². The number of aryl methyl sites for hydroxylation is 1. The number of rotatable bonds is 4. The maximum Gasteiger partial charge on any atom is 0.332 e. The second kappa shape index (κ2) is 7.23. The normalized spacial score (nSPS) is 11.1. The van der Waals surface area contributed by atoms with E-state index in [9.17, 15) is 14.0 Å². The van der Waals surface area contributed by atoms with Crippen molar-refractivity contribution >= 4 is 11.0 Å². The molecule has 4 aromatic rings. The standard InChI is InChI=1S/C22H18FN3O2/c1-25-20-19(18(10-11-24-20)17-9-5-8-16(12-17)13-23)21(27)26(22(25)28)14-15-6-3-2-4-7-15/h2-12H,13-14H2,1H3. The maximum absolute atomic E-state index is 13.3. The van der Waals surface area contributed by atoms with Crippen LogP contribution in [0.4, 0.5) is 4.39 Å². The lowest BCUT2D eigenvalue weighted by atomic mass is 10.0. The fourth-order valence-corrected chi connectivity index (χ4v) is 3.38. The molecular formula is C22H18FN3O2. The topological polar surface area (TPSA) is 56.9 Å². The van der Waals surface area contributed by atoms with Gasteiger partial charge in [-0.15, -0.1) is 0 Å². The van der Waals surface area contributed by atoms with Gasteiger partial charge in [0, 0.05) is 13.2 Å². The van der Waals surface area contributed by atoms with Gasteiger partial charge >= 0.3 is 5.69 Å². The van der Waals surface area contributed by atoms with Crippen molar-refractivity contribution in [2.24, 2.45) is 7.05 Å². The van der Waals surface area contributed by atoms with Crippen molar-refractivity contribution in [2.45, 2.75) is 13.2 Å². The Hall–Kier alpha value is -3.54. The summed E-state index contributed by atoms with van der Waals surface area (Å²) >= 11 is 0. The molecule has 0 radical (unpaired) electrons. The predicted octanol–water partition coefficient (Wildman–Crippen LogP) is 3.28. The van der Waals surface area contributed by atoms with Gasteiger partial charge in [0.25, 0.3) is 5.56 Å². The molecule has 0 saturated heterocycles. The minimum atomic E-state index is -0.590. The molecule has 0 aliphatic heterocycles. The van der Waals surface area contributed by atoms with Crippen molar-refractivity contribution in [3.8, 4) is 11.1 Å². The van der Waals surface area contributed by atoms with E-state index in [4.69, 9.17) is 0 Å². The van der Waals surface area contributed by atoms with Crippen LogP contribution in [-0.2, 0) is 20.3 Å². The molecule has 0 N–H and O–H groups in total. The van der Waals surface area contributed by atoms with E-state index < -0.39 is 17.9 Å². The van der Waals surface area contributed by atoms with Crippen LogP contribution in [0.1, 0.15) is 11.1 Å². The summed E-state index contributed by atoms with van der Waals surface area (Å²) in [5.41, 5.74) is 2.19. The van der Waals surface area contributed by atoms with Crippen LogP contribution < -0.4 is 11.2 Å². The molecular weight excluding hydrogens is 357 g/mol.